The summed E-state index contributed by atoms with van der Waals surface area (Å²) in [5, 5.41) is 9.18. The van der Waals surface area contributed by atoms with Crippen LogP contribution in [0.4, 0.5) is 5.88 Å². The van der Waals surface area contributed by atoms with Gasteiger partial charge >= 0.3 is 0 Å². The molecule has 0 aliphatic carbocycles. The van der Waals surface area contributed by atoms with E-state index in [1.54, 1.807) is 0 Å². The van der Waals surface area contributed by atoms with E-state index in [0.29, 0.717) is 12.3 Å². The van der Waals surface area contributed by atoms with Gasteiger partial charge in [0, 0.05) is 13.0 Å². The molecule has 0 saturated carbocycles. The van der Waals surface area contributed by atoms with E-state index >= 15 is 0 Å². The molecule has 1 aromatic carbocycles. The molecule has 1 aromatic heterocycles. The van der Waals surface area contributed by atoms with Crippen molar-refractivity contribution in [3.05, 3.63) is 47.5 Å². The monoisotopic (exact) mass is 267 g/mol. The molecule has 4 heteroatoms. The van der Waals surface area contributed by atoms with Crippen molar-refractivity contribution >= 4 is 5.88 Å². The topological polar surface area (TPSA) is 53.1 Å². The summed E-state index contributed by atoms with van der Waals surface area (Å²) in [5.41, 5.74) is 2.05. The molecule has 2 heterocycles. The second-order valence-corrected chi connectivity index (χ2v) is 5.14. The van der Waals surface area contributed by atoms with Crippen molar-refractivity contribution in [1.29, 1.82) is 5.26 Å². The fraction of sp³-hybridized carbons (Fsp3) is 0.375. The summed E-state index contributed by atoms with van der Waals surface area (Å²) < 4.78 is 5.90. The van der Waals surface area contributed by atoms with E-state index in [9.17, 15) is 5.26 Å². The number of nitriles is 1. The normalized spacial score (nSPS) is 18.2. The largest absolute Gasteiger partial charge is 0.424 e. The molecule has 20 heavy (non-hydrogen) atoms. The zero-order chi connectivity index (χ0) is 13.9. The molecule has 1 unspecified atom stereocenters. The van der Waals surface area contributed by atoms with Gasteiger partial charge in [0.2, 0.25) is 11.8 Å². The second kappa shape index (κ2) is 5.38. The van der Waals surface area contributed by atoms with Crippen molar-refractivity contribution in [3.8, 4) is 6.07 Å². The molecule has 0 amide bonds. The molecule has 1 aliphatic heterocycles. The number of benzene rings is 1. The smallest absolute Gasteiger partial charge is 0.220 e. The van der Waals surface area contributed by atoms with Crippen LogP contribution in [0.2, 0.25) is 0 Å². The third-order valence-electron chi connectivity index (χ3n) is 3.68. The summed E-state index contributed by atoms with van der Waals surface area (Å²) in [6.45, 7) is 2.82. The molecule has 0 bridgehead atoms. The lowest BCUT2D eigenvalue weighted by Gasteiger charge is -2.18. The lowest BCUT2D eigenvalue weighted by Crippen LogP contribution is -2.27. The highest BCUT2D eigenvalue weighted by Gasteiger charge is 2.28. The van der Waals surface area contributed by atoms with Crippen molar-refractivity contribution < 1.29 is 4.42 Å². The number of anilines is 1. The summed E-state index contributed by atoms with van der Waals surface area (Å²) in [4.78, 5) is 6.54. The molecule has 0 spiro atoms. The van der Waals surface area contributed by atoms with Crippen LogP contribution in [0.15, 0.2) is 34.7 Å². The Morgan fingerprint density at radius 1 is 1.40 bits per heavy atom. The summed E-state index contributed by atoms with van der Waals surface area (Å²) >= 11 is 0. The van der Waals surface area contributed by atoms with Gasteiger partial charge < -0.3 is 9.32 Å². The SMILES string of the molecule is Cc1nc(Cc2ccccc2)oc1N1CCCC1C#N. The predicted octanol–water partition coefficient (Wildman–Crippen LogP) is 3.07. The molecule has 1 fully saturated rings. The first kappa shape index (κ1) is 12.7. The second-order valence-electron chi connectivity index (χ2n) is 5.14. The van der Waals surface area contributed by atoms with Gasteiger partial charge in [0.25, 0.3) is 0 Å². The van der Waals surface area contributed by atoms with E-state index in [4.69, 9.17) is 4.42 Å². The number of aryl methyl sites for hydroxylation is 1. The van der Waals surface area contributed by atoms with Gasteiger partial charge in [-0.2, -0.15) is 5.26 Å². The van der Waals surface area contributed by atoms with Crippen LogP contribution in [0.25, 0.3) is 0 Å². The summed E-state index contributed by atoms with van der Waals surface area (Å²) in [5.74, 6) is 1.48. The number of oxazole rings is 1. The van der Waals surface area contributed by atoms with Gasteiger partial charge in [-0.05, 0) is 25.3 Å². The number of aromatic nitrogens is 1. The van der Waals surface area contributed by atoms with Gasteiger partial charge in [-0.15, -0.1) is 0 Å². The molecule has 1 aliphatic rings. The highest BCUT2D eigenvalue weighted by molar-refractivity contribution is 5.45. The van der Waals surface area contributed by atoms with Crippen LogP contribution in [0.5, 0.6) is 0 Å². The molecule has 0 N–H and O–H groups in total. The average molecular weight is 267 g/mol. The predicted molar refractivity (Wildman–Crippen MR) is 76.5 cm³/mol. The molecule has 2 aromatic rings. The number of hydrogen-bond donors (Lipinski definition) is 0. The van der Waals surface area contributed by atoms with E-state index < -0.39 is 0 Å². The Labute approximate surface area is 118 Å². The average Bonchev–Trinajstić information content (AvgIpc) is 3.06. The van der Waals surface area contributed by atoms with Crippen molar-refractivity contribution in [2.75, 3.05) is 11.4 Å². The molecular weight excluding hydrogens is 250 g/mol. The number of rotatable bonds is 3. The zero-order valence-corrected chi connectivity index (χ0v) is 11.5. The van der Waals surface area contributed by atoms with Crippen LogP contribution in [-0.4, -0.2) is 17.6 Å². The minimum absolute atomic E-state index is 0.0776. The highest BCUT2D eigenvalue weighted by Crippen LogP contribution is 2.29. The van der Waals surface area contributed by atoms with Gasteiger partial charge in [0.15, 0.2) is 0 Å². The lowest BCUT2D eigenvalue weighted by molar-refractivity contribution is 0.497. The molecule has 0 radical (unpaired) electrons. The molecule has 1 saturated heterocycles. The van der Waals surface area contributed by atoms with Crippen LogP contribution >= 0.6 is 0 Å². The maximum Gasteiger partial charge on any atom is 0.220 e. The third-order valence-corrected chi connectivity index (χ3v) is 3.68. The van der Waals surface area contributed by atoms with E-state index in [-0.39, 0.29) is 6.04 Å². The van der Waals surface area contributed by atoms with E-state index in [1.165, 1.54) is 5.56 Å². The summed E-state index contributed by atoms with van der Waals surface area (Å²) in [7, 11) is 0. The Morgan fingerprint density at radius 3 is 2.95 bits per heavy atom. The quantitative estimate of drug-likeness (QED) is 0.857. The van der Waals surface area contributed by atoms with Crippen LogP contribution in [0.1, 0.15) is 30.0 Å². The molecule has 102 valence electrons. The van der Waals surface area contributed by atoms with Gasteiger partial charge in [0.1, 0.15) is 11.7 Å². The van der Waals surface area contributed by atoms with Crippen LogP contribution in [-0.2, 0) is 6.42 Å². The van der Waals surface area contributed by atoms with Crippen molar-refractivity contribution in [2.24, 2.45) is 0 Å². The van der Waals surface area contributed by atoms with Crippen molar-refractivity contribution in [2.45, 2.75) is 32.2 Å². The molecule has 4 nitrogen and oxygen atoms in total. The summed E-state index contributed by atoms with van der Waals surface area (Å²) in [6, 6.07) is 12.4. The van der Waals surface area contributed by atoms with Crippen LogP contribution in [0.3, 0.4) is 0 Å². The van der Waals surface area contributed by atoms with Crippen molar-refractivity contribution in [3.63, 3.8) is 0 Å². The molecule has 1 atom stereocenters. The van der Waals surface area contributed by atoms with E-state index in [0.717, 1.165) is 31.0 Å². The third kappa shape index (κ3) is 2.39. The maximum absolute atomic E-state index is 9.18. The lowest BCUT2D eigenvalue weighted by atomic mass is 10.1. The first-order valence-corrected chi connectivity index (χ1v) is 6.94. The first-order valence-electron chi connectivity index (χ1n) is 6.94. The highest BCUT2D eigenvalue weighted by atomic mass is 16.4. The molecular formula is C16H17N3O. The fourth-order valence-electron chi connectivity index (χ4n) is 2.70. The standard InChI is InChI=1S/C16H17N3O/c1-12-16(19-9-5-8-14(19)11-17)20-15(18-12)10-13-6-3-2-4-7-13/h2-4,6-7,14H,5,8-10H2,1H3. The maximum atomic E-state index is 9.18. The van der Waals surface area contributed by atoms with Gasteiger partial charge in [-0.25, -0.2) is 4.98 Å². The van der Waals surface area contributed by atoms with Gasteiger partial charge in [0.05, 0.1) is 6.07 Å². The Bertz CT molecular complexity index is 627. The van der Waals surface area contributed by atoms with Crippen LogP contribution in [0, 0.1) is 18.3 Å². The fourth-order valence-corrected chi connectivity index (χ4v) is 2.70. The van der Waals surface area contributed by atoms with Gasteiger partial charge in [-0.1, -0.05) is 30.3 Å². The van der Waals surface area contributed by atoms with Crippen molar-refractivity contribution in [1.82, 2.24) is 4.98 Å². The first-order chi connectivity index (χ1) is 9.78. The molecule has 3 rings (SSSR count). The Morgan fingerprint density at radius 2 is 2.20 bits per heavy atom. The van der Waals surface area contributed by atoms with E-state index in [1.807, 2.05) is 30.0 Å². The summed E-state index contributed by atoms with van der Waals surface area (Å²) in [6.07, 6.45) is 2.63. The zero-order valence-electron chi connectivity index (χ0n) is 11.5. The number of hydrogen-bond acceptors (Lipinski definition) is 4. The van der Waals surface area contributed by atoms with Gasteiger partial charge in [-0.3, -0.25) is 0 Å². The Hall–Kier alpha value is -2.28. The Balaban J connectivity index is 1.83. The minimum Gasteiger partial charge on any atom is -0.424 e. The number of nitrogens with zero attached hydrogens (tertiary/aromatic N) is 3. The Kier molecular flexibility index (Phi) is 3.42. The minimum atomic E-state index is -0.0776. The van der Waals surface area contributed by atoms with Crippen LogP contribution < -0.4 is 4.90 Å². The van der Waals surface area contributed by atoms with E-state index in [2.05, 4.69) is 23.2 Å².